The quantitative estimate of drug-likeness (QED) is 0.616. The number of aryl methyl sites for hydroxylation is 2. The normalized spacial score (nSPS) is 10.6. The first-order chi connectivity index (χ1) is 11.9. The molecular weight excluding hydrogens is 354 g/mol. The Hall–Kier alpha value is -2.37. The van der Waals surface area contributed by atoms with Gasteiger partial charge in [-0.1, -0.05) is 35.4 Å². The second-order valence-corrected chi connectivity index (χ2v) is 7.11. The van der Waals surface area contributed by atoms with Crippen LogP contribution in [-0.4, -0.2) is 10.9 Å². The maximum absolute atomic E-state index is 12.4. The standard InChI is InChI=1S/C19H18ClN3OS/c1-11-7-8-15(12(2)9-11)22-19-23-17(10-25-19)18(24)21-16-6-4-5-14(20)13(16)3/h4-10H,1-3H3,(H,21,24)(H,22,23). The predicted molar refractivity (Wildman–Crippen MR) is 105 cm³/mol. The Bertz CT molecular complexity index is 936. The minimum atomic E-state index is -0.254. The average Bonchev–Trinajstić information content (AvgIpc) is 3.03. The van der Waals surface area contributed by atoms with Crippen LogP contribution in [0.3, 0.4) is 0 Å². The third-order valence-electron chi connectivity index (χ3n) is 3.88. The Morgan fingerprint density at radius 1 is 1.12 bits per heavy atom. The molecule has 0 aliphatic carbocycles. The maximum atomic E-state index is 12.4. The molecule has 128 valence electrons. The van der Waals surface area contributed by atoms with E-state index in [1.807, 2.05) is 32.0 Å². The number of nitrogens with one attached hydrogen (secondary N) is 2. The van der Waals surface area contributed by atoms with Gasteiger partial charge in [0.1, 0.15) is 5.69 Å². The number of carbonyl (C=O) groups excluding carboxylic acids is 1. The lowest BCUT2D eigenvalue weighted by Crippen LogP contribution is -2.13. The molecule has 1 amide bonds. The summed E-state index contributed by atoms with van der Waals surface area (Å²) in [4.78, 5) is 16.8. The molecule has 0 saturated carbocycles. The Labute approximate surface area is 155 Å². The second kappa shape index (κ2) is 7.25. The summed E-state index contributed by atoms with van der Waals surface area (Å²) in [5, 5.41) is 9.16. The summed E-state index contributed by atoms with van der Waals surface area (Å²) in [6.45, 7) is 5.96. The Balaban J connectivity index is 1.74. The van der Waals surface area contributed by atoms with E-state index >= 15 is 0 Å². The van der Waals surface area contributed by atoms with Crippen LogP contribution in [0.1, 0.15) is 27.2 Å². The topological polar surface area (TPSA) is 54.0 Å². The Morgan fingerprint density at radius 2 is 1.92 bits per heavy atom. The minimum absolute atomic E-state index is 0.254. The first-order valence-electron chi connectivity index (χ1n) is 7.80. The van der Waals surface area contributed by atoms with E-state index in [4.69, 9.17) is 11.6 Å². The fourth-order valence-electron chi connectivity index (χ4n) is 2.43. The zero-order valence-electron chi connectivity index (χ0n) is 14.2. The van der Waals surface area contributed by atoms with Crippen LogP contribution in [-0.2, 0) is 0 Å². The molecule has 4 nitrogen and oxygen atoms in total. The predicted octanol–water partition coefficient (Wildman–Crippen LogP) is 5.72. The van der Waals surface area contributed by atoms with E-state index in [0.29, 0.717) is 21.5 Å². The van der Waals surface area contributed by atoms with E-state index in [1.165, 1.54) is 16.9 Å². The van der Waals surface area contributed by atoms with Crippen molar-refractivity contribution in [1.29, 1.82) is 0 Å². The van der Waals surface area contributed by atoms with Gasteiger partial charge in [0.2, 0.25) is 0 Å². The van der Waals surface area contributed by atoms with Gasteiger partial charge in [-0.25, -0.2) is 4.98 Å². The first kappa shape index (κ1) is 17.5. The van der Waals surface area contributed by atoms with Gasteiger partial charge in [-0.15, -0.1) is 11.3 Å². The van der Waals surface area contributed by atoms with Crippen molar-refractivity contribution in [3.05, 3.63) is 69.2 Å². The van der Waals surface area contributed by atoms with Gasteiger partial charge in [-0.05, 0) is 50.1 Å². The Kier molecular flexibility index (Phi) is 5.06. The summed E-state index contributed by atoms with van der Waals surface area (Å²) < 4.78 is 0. The molecule has 0 radical (unpaired) electrons. The molecule has 0 saturated heterocycles. The number of nitrogens with zero attached hydrogens (tertiary/aromatic N) is 1. The molecule has 0 aliphatic heterocycles. The first-order valence-corrected chi connectivity index (χ1v) is 9.06. The van der Waals surface area contributed by atoms with Crippen molar-refractivity contribution in [1.82, 2.24) is 4.98 Å². The van der Waals surface area contributed by atoms with Gasteiger partial charge in [0.05, 0.1) is 0 Å². The van der Waals surface area contributed by atoms with Crippen LogP contribution < -0.4 is 10.6 Å². The zero-order valence-corrected chi connectivity index (χ0v) is 15.8. The number of halogens is 1. The van der Waals surface area contributed by atoms with Crippen LogP contribution in [0.4, 0.5) is 16.5 Å². The zero-order chi connectivity index (χ0) is 18.0. The number of rotatable bonds is 4. The van der Waals surface area contributed by atoms with Crippen molar-refractivity contribution < 1.29 is 4.79 Å². The summed E-state index contributed by atoms with van der Waals surface area (Å²) >= 11 is 7.48. The van der Waals surface area contributed by atoms with E-state index in [9.17, 15) is 4.79 Å². The van der Waals surface area contributed by atoms with Crippen molar-refractivity contribution in [3.63, 3.8) is 0 Å². The smallest absolute Gasteiger partial charge is 0.275 e. The maximum Gasteiger partial charge on any atom is 0.275 e. The number of thiazole rings is 1. The van der Waals surface area contributed by atoms with Gasteiger partial charge in [0, 0.05) is 21.8 Å². The Morgan fingerprint density at radius 3 is 2.68 bits per heavy atom. The van der Waals surface area contributed by atoms with Gasteiger partial charge in [-0.3, -0.25) is 4.79 Å². The van der Waals surface area contributed by atoms with Crippen LogP contribution in [0.2, 0.25) is 5.02 Å². The minimum Gasteiger partial charge on any atom is -0.331 e. The summed E-state index contributed by atoms with van der Waals surface area (Å²) in [7, 11) is 0. The van der Waals surface area contributed by atoms with Crippen molar-refractivity contribution >= 4 is 45.4 Å². The van der Waals surface area contributed by atoms with Crippen LogP contribution >= 0.6 is 22.9 Å². The lowest BCUT2D eigenvalue weighted by molar-refractivity contribution is 0.102. The summed E-state index contributed by atoms with van der Waals surface area (Å²) in [6, 6.07) is 11.6. The molecule has 2 aromatic carbocycles. The monoisotopic (exact) mass is 371 g/mol. The molecule has 6 heteroatoms. The SMILES string of the molecule is Cc1ccc(Nc2nc(C(=O)Nc3cccc(Cl)c3C)cs2)c(C)c1. The number of hydrogen-bond donors (Lipinski definition) is 2. The number of hydrogen-bond acceptors (Lipinski definition) is 4. The van der Waals surface area contributed by atoms with Gasteiger partial charge in [-0.2, -0.15) is 0 Å². The fraction of sp³-hybridized carbons (Fsp3) is 0.158. The molecule has 3 aromatic rings. The molecule has 1 aromatic heterocycles. The molecule has 0 unspecified atom stereocenters. The average molecular weight is 372 g/mol. The van der Waals surface area contributed by atoms with Crippen LogP contribution in [0.5, 0.6) is 0 Å². The number of amides is 1. The van der Waals surface area contributed by atoms with Crippen molar-refractivity contribution in [3.8, 4) is 0 Å². The summed E-state index contributed by atoms with van der Waals surface area (Å²) in [5.74, 6) is -0.254. The van der Waals surface area contributed by atoms with E-state index in [0.717, 1.165) is 16.8 Å². The highest BCUT2D eigenvalue weighted by atomic mass is 35.5. The van der Waals surface area contributed by atoms with Gasteiger partial charge in [0.15, 0.2) is 5.13 Å². The lowest BCUT2D eigenvalue weighted by Gasteiger charge is -2.08. The molecule has 0 bridgehead atoms. The highest BCUT2D eigenvalue weighted by Gasteiger charge is 2.13. The highest BCUT2D eigenvalue weighted by Crippen LogP contribution is 2.26. The van der Waals surface area contributed by atoms with Crippen LogP contribution in [0, 0.1) is 20.8 Å². The third-order valence-corrected chi connectivity index (χ3v) is 5.04. The number of anilines is 3. The molecule has 0 fully saturated rings. The molecule has 25 heavy (non-hydrogen) atoms. The molecule has 0 spiro atoms. The van der Waals surface area contributed by atoms with Gasteiger partial charge in [0.25, 0.3) is 5.91 Å². The lowest BCUT2D eigenvalue weighted by atomic mass is 10.1. The number of carbonyl (C=O) groups is 1. The molecule has 2 N–H and O–H groups in total. The molecule has 1 heterocycles. The van der Waals surface area contributed by atoms with Crippen molar-refractivity contribution in [2.45, 2.75) is 20.8 Å². The number of aromatic nitrogens is 1. The third kappa shape index (κ3) is 4.00. The van der Waals surface area contributed by atoms with Crippen molar-refractivity contribution in [2.75, 3.05) is 10.6 Å². The van der Waals surface area contributed by atoms with E-state index in [-0.39, 0.29) is 5.91 Å². The fourth-order valence-corrected chi connectivity index (χ4v) is 3.31. The summed E-state index contributed by atoms with van der Waals surface area (Å²) in [5.41, 5.74) is 5.22. The van der Waals surface area contributed by atoms with E-state index in [1.54, 1.807) is 17.5 Å². The highest BCUT2D eigenvalue weighted by molar-refractivity contribution is 7.14. The largest absolute Gasteiger partial charge is 0.331 e. The van der Waals surface area contributed by atoms with Gasteiger partial charge >= 0.3 is 0 Å². The van der Waals surface area contributed by atoms with Gasteiger partial charge < -0.3 is 10.6 Å². The second-order valence-electron chi connectivity index (χ2n) is 5.85. The van der Waals surface area contributed by atoms with Crippen LogP contribution in [0.15, 0.2) is 41.8 Å². The molecule has 0 aliphatic rings. The van der Waals surface area contributed by atoms with E-state index in [2.05, 4.69) is 28.6 Å². The number of benzene rings is 2. The van der Waals surface area contributed by atoms with Crippen LogP contribution in [0.25, 0.3) is 0 Å². The van der Waals surface area contributed by atoms with Crippen molar-refractivity contribution in [2.24, 2.45) is 0 Å². The van der Waals surface area contributed by atoms with E-state index < -0.39 is 0 Å². The molecule has 3 rings (SSSR count). The molecular formula is C19H18ClN3OS. The summed E-state index contributed by atoms with van der Waals surface area (Å²) in [6.07, 6.45) is 0. The molecule has 0 atom stereocenters.